The van der Waals surface area contributed by atoms with Crippen LogP contribution in [0.2, 0.25) is 5.15 Å². The standard InChI is InChI=1S/C14H13BrClNO/c15-11-8-12(14(16)17-9-11)13(18)7-6-10-4-2-1-3-5-10/h8-10H,1-5H2. The Kier molecular flexibility index (Phi) is 4.79. The van der Waals surface area contributed by atoms with E-state index in [2.05, 4.69) is 32.8 Å². The van der Waals surface area contributed by atoms with Crippen molar-refractivity contribution in [3.63, 3.8) is 0 Å². The quantitative estimate of drug-likeness (QED) is 0.334. The topological polar surface area (TPSA) is 30.0 Å². The van der Waals surface area contributed by atoms with Crippen LogP contribution in [0.15, 0.2) is 16.7 Å². The average Bonchev–Trinajstić information content (AvgIpc) is 2.40. The minimum Gasteiger partial charge on any atom is -0.279 e. The monoisotopic (exact) mass is 325 g/mol. The summed E-state index contributed by atoms with van der Waals surface area (Å²) in [5.41, 5.74) is 0.370. The van der Waals surface area contributed by atoms with Gasteiger partial charge in [-0.2, -0.15) is 0 Å². The fourth-order valence-corrected chi connectivity index (χ4v) is 2.58. The molecule has 1 heterocycles. The van der Waals surface area contributed by atoms with Crippen LogP contribution in [0.3, 0.4) is 0 Å². The van der Waals surface area contributed by atoms with Crippen LogP contribution in [0.5, 0.6) is 0 Å². The van der Waals surface area contributed by atoms with Crippen LogP contribution in [0, 0.1) is 17.8 Å². The maximum absolute atomic E-state index is 11.9. The Balaban J connectivity index is 2.11. The molecule has 2 nitrogen and oxygen atoms in total. The second-order valence-corrected chi connectivity index (χ2v) is 5.70. The van der Waals surface area contributed by atoms with Gasteiger partial charge in [0.15, 0.2) is 0 Å². The molecule has 18 heavy (non-hydrogen) atoms. The van der Waals surface area contributed by atoms with Crippen molar-refractivity contribution in [2.45, 2.75) is 32.1 Å². The molecule has 0 amide bonds. The van der Waals surface area contributed by atoms with Gasteiger partial charge in [0.05, 0.1) is 5.56 Å². The fraction of sp³-hybridized carbons (Fsp3) is 0.429. The summed E-state index contributed by atoms with van der Waals surface area (Å²) < 4.78 is 0.731. The smallest absolute Gasteiger partial charge is 0.239 e. The largest absolute Gasteiger partial charge is 0.279 e. The van der Waals surface area contributed by atoms with Gasteiger partial charge >= 0.3 is 0 Å². The van der Waals surface area contributed by atoms with Crippen molar-refractivity contribution in [2.24, 2.45) is 5.92 Å². The number of halogens is 2. The van der Waals surface area contributed by atoms with Crippen molar-refractivity contribution < 1.29 is 4.79 Å². The van der Waals surface area contributed by atoms with Gasteiger partial charge in [-0.25, -0.2) is 4.98 Å². The zero-order valence-corrected chi connectivity index (χ0v) is 12.2. The van der Waals surface area contributed by atoms with Gasteiger partial charge in [-0.3, -0.25) is 4.79 Å². The average molecular weight is 327 g/mol. The van der Waals surface area contributed by atoms with E-state index in [0.29, 0.717) is 11.5 Å². The molecule has 0 radical (unpaired) electrons. The molecule has 1 aliphatic carbocycles. The Hall–Kier alpha value is -0.850. The lowest BCUT2D eigenvalue weighted by Gasteiger charge is -2.15. The molecule has 1 fully saturated rings. The number of carbonyl (C=O) groups is 1. The highest BCUT2D eigenvalue weighted by molar-refractivity contribution is 9.10. The number of rotatable bonds is 1. The normalized spacial score (nSPS) is 15.9. The van der Waals surface area contributed by atoms with E-state index < -0.39 is 0 Å². The molecule has 94 valence electrons. The van der Waals surface area contributed by atoms with Gasteiger partial charge in [-0.05, 0) is 40.8 Å². The summed E-state index contributed by atoms with van der Waals surface area (Å²) in [6.07, 6.45) is 7.48. The summed E-state index contributed by atoms with van der Waals surface area (Å²) in [7, 11) is 0. The zero-order chi connectivity index (χ0) is 13.0. The van der Waals surface area contributed by atoms with Crippen LogP contribution in [0.25, 0.3) is 0 Å². The van der Waals surface area contributed by atoms with E-state index in [0.717, 1.165) is 17.3 Å². The van der Waals surface area contributed by atoms with Crippen LogP contribution < -0.4 is 0 Å². The summed E-state index contributed by atoms with van der Waals surface area (Å²) in [6.45, 7) is 0. The summed E-state index contributed by atoms with van der Waals surface area (Å²) >= 11 is 9.16. The van der Waals surface area contributed by atoms with Crippen LogP contribution in [-0.4, -0.2) is 10.8 Å². The molecule has 1 aromatic rings. The van der Waals surface area contributed by atoms with E-state index in [1.807, 2.05) is 0 Å². The summed E-state index contributed by atoms with van der Waals surface area (Å²) in [6, 6.07) is 1.66. The molecule has 0 unspecified atom stereocenters. The molecule has 0 saturated heterocycles. The van der Waals surface area contributed by atoms with E-state index in [9.17, 15) is 4.79 Å². The molecule has 1 saturated carbocycles. The van der Waals surface area contributed by atoms with Gasteiger partial charge in [0, 0.05) is 16.6 Å². The lowest BCUT2D eigenvalue weighted by molar-refractivity contribution is 0.105. The third-order valence-corrected chi connectivity index (χ3v) is 3.78. The van der Waals surface area contributed by atoms with Gasteiger partial charge in [0.2, 0.25) is 5.78 Å². The van der Waals surface area contributed by atoms with Crippen LogP contribution >= 0.6 is 27.5 Å². The van der Waals surface area contributed by atoms with Crippen molar-refractivity contribution in [1.82, 2.24) is 4.98 Å². The minimum absolute atomic E-state index is 0.209. The molecule has 0 spiro atoms. The molecule has 4 heteroatoms. The van der Waals surface area contributed by atoms with E-state index in [-0.39, 0.29) is 10.9 Å². The van der Waals surface area contributed by atoms with Gasteiger partial charge in [0.1, 0.15) is 5.15 Å². The first kappa shape index (κ1) is 13.6. The number of aromatic nitrogens is 1. The lowest BCUT2D eigenvalue weighted by atomic mass is 9.90. The molecule has 1 aromatic heterocycles. The van der Waals surface area contributed by atoms with Crippen LogP contribution in [-0.2, 0) is 0 Å². The Labute approximate surface area is 120 Å². The van der Waals surface area contributed by atoms with E-state index in [1.165, 1.54) is 19.3 Å². The molecule has 2 rings (SSSR count). The second kappa shape index (κ2) is 6.36. The van der Waals surface area contributed by atoms with Gasteiger partial charge in [-0.1, -0.05) is 36.8 Å². The van der Waals surface area contributed by atoms with Crippen molar-refractivity contribution in [3.05, 3.63) is 27.5 Å². The Bertz CT molecular complexity index is 512. The molecule has 0 atom stereocenters. The summed E-state index contributed by atoms with van der Waals surface area (Å²) in [5, 5.41) is 0.209. The van der Waals surface area contributed by atoms with Crippen LogP contribution in [0.1, 0.15) is 42.5 Å². The number of nitrogens with zero attached hydrogens (tertiary/aromatic N) is 1. The summed E-state index contributed by atoms with van der Waals surface area (Å²) in [4.78, 5) is 15.9. The first-order chi connectivity index (χ1) is 8.66. The number of hydrogen-bond donors (Lipinski definition) is 0. The van der Waals surface area contributed by atoms with Crippen molar-refractivity contribution in [3.8, 4) is 11.8 Å². The molecule has 0 N–H and O–H groups in total. The second-order valence-electron chi connectivity index (χ2n) is 4.43. The molecular formula is C14H13BrClNO. The molecule has 0 bridgehead atoms. The van der Waals surface area contributed by atoms with Crippen LogP contribution in [0.4, 0.5) is 0 Å². The SMILES string of the molecule is O=C(C#CC1CCCCC1)c1cc(Br)cnc1Cl. The number of Topliss-reactive ketones (excluding diaryl/α,β-unsaturated/α-hetero) is 1. The third kappa shape index (κ3) is 3.57. The number of ketones is 1. The highest BCUT2D eigenvalue weighted by atomic mass is 79.9. The molecular weight excluding hydrogens is 314 g/mol. The predicted molar refractivity (Wildman–Crippen MR) is 75.6 cm³/mol. The minimum atomic E-state index is -0.251. The Morgan fingerprint density at radius 1 is 1.39 bits per heavy atom. The van der Waals surface area contributed by atoms with E-state index >= 15 is 0 Å². The van der Waals surface area contributed by atoms with Gasteiger partial charge in [-0.15, -0.1) is 0 Å². The zero-order valence-electron chi connectivity index (χ0n) is 9.88. The number of carbonyl (C=O) groups excluding carboxylic acids is 1. The fourth-order valence-electron chi connectivity index (χ4n) is 2.06. The third-order valence-electron chi connectivity index (χ3n) is 3.05. The number of pyridine rings is 1. The summed E-state index contributed by atoms with van der Waals surface area (Å²) in [5.74, 6) is 5.88. The van der Waals surface area contributed by atoms with Crippen molar-refractivity contribution in [1.29, 1.82) is 0 Å². The first-order valence-electron chi connectivity index (χ1n) is 6.04. The van der Waals surface area contributed by atoms with Gasteiger partial charge < -0.3 is 0 Å². The molecule has 0 aromatic carbocycles. The van der Waals surface area contributed by atoms with Crippen molar-refractivity contribution >= 4 is 33.3 Å². The molecule has 1 aliphatic rings. The molecule has 0 aliphatic heterocycles. The maximum atomic E-state index is 11.9. The Morgan fingerprint density at radius 3 is 2.83 bits per heavy atom. The van der Waals surface area contributed by atoms with Crippen molar-refractivity contribution in [2.75, 3.05) is 0 Å². The van der Waals surface area contributed by atoms with Gasteiger partial charge in [0.25, 0.3) is 0 Å². The Morgan fingerprint density at radius 2 is 2.11 bits per heavy atom. The number of hydrogen-bond acceptors (Lipinski definition) is 2. The highest BCUT2D eigenvalue weighted by Crippen LogP contribution is 2.23. The predicted octanol–water partition coefficient (Wildman–Crippen LogP) is 4.26. The van der Waals surface area contributed by atoms with E-state index in [4.69, 9.17) is 11.6 Å². The maximum Gasteiger partial charge on any atom is 0.239 e. The lowest BCUT2D eigenvalue weighted by Crippen LogP contribution is -2.05. The van der Waals surface area contributed by atoms with E-state index in [1.54, 1.807) is 12.3 Å². The first-order valence-corrected chi connectivity index (χ1v) is 7.21. The highest BCUT2D eigenvalue weighted by Gasteiger charge is 2.12.